The van der Waals surface area contributed by atoms with E-state index in [1.807, 2.05) is 94.4 Å². The van der Waals surface area contributed by atoms with Crippen molar-refractivity contribution in [2.24, 2.45) is 0 Å². The lowest BCUT2D eigenvalue weighted by Gasteiger charge is -2.17. The molecule has 160 valence electrons. The normalized spacial score (nSPS) is 11.6. The molecule has 3 rings (SSSR count). The molecular formula is C26H30N3O2+. The number of amides is 2. The molecule has 1 atom stereocenters. The van der Waals surface area contributed by atoms with Gasteiger partial charge in [-0.1, -0.05) is 65.7 Å². The van der Waals surface area contributed by atoms with E-state index in [2.05, 4.69) is 10.6 Å². The van der Waals surface area contributed by atoms with Crippen LogP contribution in [0.3, 0.4) is 0 Å². The van der Waals surface area contributed by atoms with Crippen LogP contribution in [0.5, 0.6) is 0 Å². The van der Waals surface area contributed by atoms with Gasteiger partial charge in [0.25, 0.3) is 11.8 Å². The Bertz CT molecular complexity index is 1040. The molecule has 0 aliphatic rings. The standard InChI is InChI=1S/C26H29N3O2/c1-17-10-12-22(13-11-17)28-26(31)25(21-8-6-5-7-9-21)27-16-23(30)29-24-19(3)14-18(2)15-20(24)4/h5-15,25,27H,16H2,1-4H3,(H,28,31)(H,29,30)/p+1/t25-/m1/s1. The van der Waals surface area contributed by atoms with E-state index in [4.69, 9.17) is 0 Å². The van der Waals surface area contributed by atoms with Crippen molar-refractivity contribution in [2.45, 2.75) is 33.7 Å². The number of nitrogens with one attached hydrogen (secondary N) is 2. The molecule has 0 bridgehead atoms. The number of carbonyl (C=O) groups excluding carboxylic acids is 2. The molecule has 3 aromatic carbocycles. The maximum Gasteiger partial charge on any atom is 0.287 e. The smallest absolute Gasteiger partial charge is 0.287 e. The summed E-state index contributed by atoms with van der Waals surface area (Å²) in [5, 5.41) is 7.74. The maximum atomic E-state index is 13.0. The first-order valence-electron chi connectivity index (χ1n) is 10.5. The molecule has 0 saturated carbocycles. The molecule has 5 heteroatoms. The third-order valence-electron chi connectivity index (χ3n) is 5.24. The number of quaternary nitrogens is 1. The third-order valence-corrected chi connectivity index (χ3v) is 5.24. The van der Waals surface area contributed by atoms with Gasteiger partial charge < -0.3 is 16.0 Å². The molecule has 5 nitrogen and oxygen atoms in total. The Kier molecular flexibility index (Phi) is 7.21. The summed E-state index contributed by atoms with van der Waals surface area (Å²) in [6, 6.07) is 20.8. The van der Waals surface area contributed by atoms with Gasteiger partial charge in [-0.25, -0.2) is 0 Å². The molecule has 0 aliphatic carbocycles. The molecule has 0 heterocycles. The minimum absolute atomic E-state index is 0.133. The van der Waals surface area contributed by atoms with E-state index >= 15 is 0 Å². The summed E-state index contributed by atoms with van der Waals surface area (Å²) in [7, 11) is 0. The first-order chi connectivity index (χ1) is 14.8. The number of benzene rings is 3. The second kappa shape index (κ2) is 10.0. The second-order valence-corrected chi connectivity index (χ2v) is 8.01. The average molecular weight is 417 g/mol. The van der Waals surface area contributed by atoms with Gasteiger partial charge in [-0.05, 0) is 51.0 Å². The predicted molar refractivity (Wildman–Crippen MR) is 125 cm³/mol. The number of anilines is 2. The third kappa shape index (κ3) is 6.03. The Balaban J connectivity index is 1.71. The second-order valence-electron chi connectivity index (χ2n) is 8.01. The zero-order valence-electron chi connectivity index (χ0n) is 18.5. The predicted octanol–water partition coefficient (Wildman–Crippen LogP) is 3.80. The molecule has 2 amide bonds. The van der Waals surface area contributed by atoms with Crippen LogP contribution in [-0.2, 0) is 9.59 Å². The number of nitrogens with two attached hydrogens (primary N) is 1. The van der Waals surface area contributed by atoms with Crippen LogP contribution in [0.4, 0.5) is 11.4 Å². The van der Waals surface area contributed by atoms with E-state index in [0.29, 0.717) is 0 Å². The highest BCUT2D eigenvalue weighted by Gasteiger charge is 2.25. The van der Waals surface area contributed by atoms with Crippen molar-refractivity contribution < 1.29 is 14.9 Å². The van der Waals surface area contributed by atoms with Crippen molar-refractivity contribution in [3.63, 3.8) is 0 Å². The van der Waals surface area contributed by atoms with Crippen LogP contribution in [-0.4, -0.2) is 18.4 Å². The van der Waals surface area contributed by atoms with Crippen LogP contribution in [0.2, 0.25) is 0 Å². The Morgan fingerprint density at radius 3 is 2.03 bits per heavy atom. The van der Waals surface area contributed by atoms with Crippen molar-refractivity contribution in [2.75, 3.05) is 17.2 Å². The minimum Gasteiger partial charge on any atom is -0.324 e. The maximum absolute atomic E-state index is 13.0. The minimum atomic E-state index is -0.534. The highest BCUT2D eigenvalue weighted by Crippen LogP contribution is 2.21. The van der Waals surface area contributed by atoms with Gasteiger partial charge in [-0.3, -0.25) is 9.59 Å². The van der Waals surface area contributed by atoms with Crippen molar-refractivity contribution in [1.29, 1.82) is 0 Å². The van der Waals surface area contributed by atoms with Crippen LogP contribution in [0, 0.1) is 27.7 Å². The molecule has 0 radical (unpaired) electrons. The fourth-order valence-electron chi connectivity index (χ4n) is 3.70. The summed E-state index contributed by atoms with van der Waals surface area (Å²) in [6.45, 7) is 8.15. The number of hydrogen-bond acceptors (Lipinski definition) is 2. The molecule has 0 unspecified atom stereocenters. The lowest BCUT2D eigenvalue weighted by molar-refractivity contribution is -0.671. The Hall–Kier alpha value is -3.44. The van der Waals surface area contributed by atoms with Crippen LogP contribution < -0.4 is 16.0 Å². The van der Waals surface area contributed by atoms with Gasteiger partial charge in [0, 0.05) is 16.9 Å². The van der Waals surface area contributed by atoms with Crippen molar-refractivity contribution >= 4 is 23.2 Å². The highest BCUT2D eigenvalue weighted by molar-refractivity contribution is 5.95. The molecular weight excluding hydrogens is 386 g/mol. The van der Waals surface area contributed by atoms with Crippen LogP contribution in [0.15, 0.2) is 66.7 Å². The summed E-state index contributed by atoms with van der Waals surface area (Å²) in [4.78, 5) is 25.7. The number of aryl methyl sites for hydroxylation is 4. The first-order valence-corrected chi connectivity index (χ1v) is 10.5. The van der Waals surface area contributed by atoms with Crippen LogP contribution in [0.25, 0.3) is 0 Å². The quantitative estimate of drug-likeness (QED) is 0.548. The van der Waals surface area contributed by atoms with Gasteiger partial charge >= 0.3 is 0 Å². The van der Waals surface area contributed by atoms with Gasteiger partial charge in [0.1, 0.15) is 0 Å². The van der Waals surface area contributed by atoms with E-state index in [1.165, 1.54) is 0 Å². The van der Waals surface area contributed by atoms with E-state index in [1.54, 1.807) is 5.32 Å². The fourth-order valence-corrected chi connectivity index (χ4v) is 3.70. The summed E-state index contributed by atoms with van der Waals surface area (Å²) < 4.78 is 0. The largest absolute Gasteiger partial charge is 0.324 e. The van der Waals surface area contributed by atoms with Gasteiger partial charge in [0.15, 0.2) is 12.6 Å². The Morgan fingerprint density at radius 1 is 0.806 bits per heavy atom. The van der Waals surface area contributed by atoms with Gasteiger partial charge in [0.05, 0.1) is 0 Å². The van der Waals surface area contributed by atoms with Gasteiger partial charge in [0.2, 0.25) is 0 Å². The summed E-state index contributed by atoms with van der Waals surface area (Å²) >= 11 is 0. The van der Waals surface area contributed by atoms with Crippen molar-refractivity contribution in [3.8, 4) is 0 Å². The summed E-state index contributed by atoms with van der Waals surface area (Å²) in [6.07, 6.45) is 0. The molecule has 31 heavy (non-hydrogen) atoms. The monoisotopic (exact) mass is 416 g/mol. The number of rotatable bonds is 7. The fraction of sp³-hybridized carbons (Fsp3) is 0.231. The summed E-state index contributed by atoms with van der Waals surface area (Å²) in [5.41, 5.74) is 6.77. The Labute approximate surface area is 183 Å². The molecule has 0 aromatic heterocycles. The summed E-state index contributed by atoms with van der Waals surface area (Å²) in [5.74, 6) is -0.301. The lowest BCUT2D eigenvalue weighted by atomic mass is 10.0. The topological polar surface area (TPSA) is 74.8 Å². The molecule has 0 aliphatic heterocycles. The van der Waals surface area contributed by atoms with E-state index in [-0.39, 0.29) is 18.4 Å². The van der Waals surface area contributed by atoms with Crippen molar-refractivity contribution in [3.05, 3.63) is 94.5 Å². The molecule has 0 spiro atoms. The van der Waals surface area contributed by atoms with Crippen LogP contribution in [0.1, 0.15) is 33.9 Å². The molecule has 0 fully saturated rings. The van der Waals surface area contributed by atoms with E-state index in [0.717, 1.165) is 39.2 Å². The van der Waals surface area contributed by atoms with Crippen LogP contribution >= 0.6 is 0 Å². The highest BCUT2D eigenvalue weighted by atomic mass is 16.2. The lowest BCUT2D eigenvalue weighted by Crippen LogP contribution is -2.89. The number of carbonyl (C=O) groups is 2. The molecule has 0 saturated heterocycles. The number of hydrogen-bond donors (Lipinski definition) is 3. The zero-order valence-corrected chi connectivity index (χ0v) is 18.5. The SMILES string of the molecule is Cc1ccc(NC(=O)[C@H]([NH2+]CC(=O)Nc2c(C)cc(C)cc2C)c2ccccc2)cc1. The zero-order chi connectivity index (χ0) is 22.4. The van der Waals surface area contributed by atoms with Gasteiger partial charge in [-0.15, -0.1) is 0 Å². The van der Waals surface area contributed by atoms with Crippen molar-refractivity contribution in [1.82, 2.24) is 0 Å². The van der Waals surface area contributed by atoms with E-state index < -0.39 is 6.04 Å². The first kappa shape index (κ1) is 22.2. The van der Waals surface area contributed by atoms with E-state index in [9.17, 15) is 9.59 Å². The Morgan fingerprint density at radius 2 is 1.42 bits per heavy atom. The molecule has 3 aromatic rings. The molecule has 4 N–H and O–H groups in total. The average Bonchev–Trinajstić information content (AvgIpc) is 2.73. The van der Waals surface area contributed by atoms with Gasteiger partial charge in [-0.2, -0.15) is 0 Å².